The molecule has 0 aliphatic heterocycles. The van der Waals surface area contributed by atoms with Crippen molar-refractivity contribution < 1.29 is 9.53 Å². The van der Waals surface area contributed by atoms with Crippen LogP contribution in [0.5, 0.6) is 0 Å². The molecule has 2 saturated carbocycles. The van der Waals surface area contributed by atoms with Crippen LogP contribution in [0.25, 0.3) is 0 Å². The minimum absolute atomic E-state index is 0.0436. The lowest BCUT2D eigenvalue weighted by Gasteiger charge is -2.62. The zero-order chi connectivity index (χ0) is 25.1. The number of carbonyl (C=O) groups is 1. The third kappa shape index (κ3) is 3.92. The van der Waals surface area contributed by atoms with Crippen LogP contribution in [0.3, 0.4) is 0 Å². The Bertz CT molecular complexity index is 821. The van der Waals surface area contributed by atoms with E-state index in [-0.39, 0.29) is 22.9 Å². The van der Waals surface area contributed by atoms with Gasteiger partial charge in [-0.1, -0.05) is 85.8 Å². The van der Waals surface area contributed by atoms with Crippen LogP contribution in [-0.4, -0.2) is 12.1 Å². The summed E-state index contributed by atoms with van der Waals surface area (Å²) in [5.41, 5.74) is 4.87. The molecule has 0 radical (unpaired) electrons. The van der Waals surface area contributed by atoms with Gasteiger partial charge in [0, 0.05) is 12.3 Å². The van der Waals surface area contributed by atoms with Crippen LogP contribution in [0.2, 0.25) is 0 Å². The van der Waals surface area contributed by atoms with E-state index in [9.17, 15) is 4.79 Å². The van der Waals surface area contributed by atoms with Crippen LogP contribution < -0.4 is 0 Å². The average molecular weight is 471 g/mol. The van der Waals surface area contributed by atoms with Crippen molar-refractivity contribution in [3.63, 3.8) is 0 Å². The SMILES string of the molecule is CC(=O)O[C@@H]1CC[C@]2(C)C3=C(CC[C@H]2C1(C)C)[C@]1(C)CC[C@H]([C@H](C)CCCC(C)C)[C@@]1(C)CC3. The van der Waals surface area contributed by atoms with Gasteiger partial charge in [0.1, 0.15) is 6.10 Å². The minimum atomic E-state index is -0.113. The van der Waals surface area contributed by atoms with E-state index in [0.717, 1.165) is 24.2 Å². The van der Waals surface area contributed by atoms with E-state index >= 15 is 0 Å². The monoisotopic (exact) mass is 470 g/mol. The summed E-state index contributed by atoms with van der Waals surface area (Å²) in [6.45, 7) is 21.6. The highest BCUT2D eigenvalue weighted by Crippen LogP contribution is 2.72. The number of carbonyl (C=O) groups excluding carboxylic acids is 1. The van der Waals surface area contributed by atoms with Gasteiger partial charge >= 0.3 is 5.97 Å². The lowest BCUT2D eigenvalue weighted by molar-refractivity contribution is -0.167. The molecule has 2 nitrogen and oxygen atoms in total. The second-order valence-electron chi connectivity index (χ2n) is 14.6. The van der Waals surface area contributed by atoms with Gasteiger partial charge in [-0.2, -0.15) is 0 Å². The molecule has 0 unspecified atom stereocenters. The lowest BCUT2D eigenvalue weighted by atomic mass is 9.43. The Kier molecular flexibility index (Phi) is 6.92. The Hall–Kier alpha value is -0.790. The molecule has 7 atom stereocenters. The van der Waals surface area contributed by atoms with E-state index in [2.05, 4.69) is 55.4 Å². The predicted octanol–water partition coefficient (Wildman–Crippen LogP) is 9.13. The standard InChI is InChI=1S/C32H54O2/c1-21(2)11-10-12-22(3)24-15-19-32(9)26-13-14-27-29(5,6)28(34-23(4)33)17-18-30(27,7)25(26)16-20-31(24,32)8/h21-22,24,27-28H,10-20H2,1-9H3/t22-,24-,27+,28-,30-,31-,32+/m1/s1. The van der Waals surface area contributed by atoms with Crippen molar-refractivity contribution in [3.8, 4) is 0 Å². The number of allylic oxidation sites excluding steroid dienone is 2. The maximum Gasteiger partial charge on any atom is 0.302 e. The van der Waals surface area contributed by atoms with Gasteiger partial charge in [0.15, 0.2) is 0 Å². The summed E-state index contributed by atoms with van der Waals surface area (Å²) in [7, 11) is 0. The van der Waals surface area contributed by atoms with Crippen molar-refractivity contribution >= 4 is 5.97 Å². The van der Waals surface area contributed by atoms with Gasteiger partial charge in [0.05, 0.1) is 0 Å². The van der Waals surface area contributed by atoms with Crippen LogP contribution >= 0.6 is 0 Å². The highest BCUT2D eigenvalue weighted by Gasteiger charge is 2.63. The predicted molar refractivity (Wildman–Crippen MR) is 142 cm³/mol. The minimum Gasteiger partial charge on any atom is -0.462 e. The molecule has 0 bridgehead atoms. The Morgan fingerprint density at radius 2 is 1.62 bits per heavy atom. The third-order valence-corrected chi connectivity index (χ3v) is 12.2. The normalized spacial score (nSPS) is 42.1. The first-order valence-electron chi connectivity index (χ1n) is 14.7. The van der Waals surface area contributed by atoms with Gasteiger partial charge in [-0.05, 0) is 91.3 Å². The zero-order valence-corrected chi connectivity index (χ0v) is 24.0. The molecule has 0 saturated heterocycles. The molecule has 4 rings (SSSR count). The zero-order valence-electron chi connectivity index (χ0n) is 24.0. The third-order valence-electron chi connectivity index (χ3n) is 12.2. The Balaban J connectivity index is 1.61. The highest BCUT2D eigenvalue weighted by atomic mass is 16.5. The number of hydrogen-bond acceptors (Lipinski definition) is 2. The first-order valence-corrected chi connectivity index (χ1v) is 14.7. The lowest BCUT2D eigenvalue weighted by Crippen LogP contribution is -2.55. The topological polar surface area (TPSA) is 26.3 Å². The summed E-state index contributed by atoms with van der Waals surface area (Å²) in [5, 5.41) is 0. The van der Waals surface area contributed by atoms with E-state index in [0.29, 0.717) is 16.7 Å². The average Bonchev–Trinajstić information content (AvgIpc) is 3.01. The van der Waals surface area contributed by atoms with Crippen molar-refractivity contribution in [1.29, 1.82) is 0 Å². The van der Waals surface area contributed by atoms with E-state index in [1.807, 2.05) is 11.1 Å². The molecule has 34 heavy (non-hydrogen) atoms. The second kappa shape index (κ2) is 8.95. The molecule has 0 heterocycles. The molecule has 0 amide bonds. The fraction of sp³-hybridized carbons (Fsp3) is 0.906. The molecule has 0 spiro atoms. The largest absolute Gasteiger partial charge is 0.462 e. The maximum atomic E-state index is 11.8. The second-order valence-corrected chi connectivity index (χ2v) is 14.6. The quantitative estimate of drug-likeness (QED) is 0.286. The smallest absolute Gasteiger partial charge is 0.302 e. The van der Waals surface area contributed by atoms with Gasteiger partial charge in [-0.25, -0.2) is 0 Å². The molecule has 0 aromatic heterocycles. The fourth-order valence-corrected chi connectivity index (χ4v) is 10.1. The summed E-state index contributed by atoms with van der Waals surface area (Å²) in [5.74, 6) is 3.04. The Labute approximate surface area is 211 Å². The molecule has 2 heteroatoms. The Morgan fingerprint density at radius 3 is 2.26 bits per heavy atom. The van der Waals surface area contributed by atoms with Gasteiger partial charge in [0.2, 0.25) is 0 Å². The molecule has 0 N–H and O–H groups in total. The number of ether oxygens (including phenoxy) is 1. The van der Waals surface area contributed by atoms with Crippen molar-refractivity contribution in [2.75, 3.05) is 0 Å². The van der Waals surface area contributed by atoms with Crippen LogP contribution in [0, 0.1) is 45.3 Å². The van der Waals surface area contributed by atoms with Crippen molar-refractivity contribution in [3.05, 3.63) is 11.1 Å². The van der Waals surface area contributed by atoms with Crippen LogP contribution in [0.1, 0.15) is 133 Å². The summed E-state index contributed by atoms with van der Waals surface area (Å²) < 4.78 is 5.87. The van der Waals surface area contributed by atoms with E-state index in [1.54, 1.807) is 6.92 Å². The molecular weight excluding hydrogens is 416 g/mol. The molecule has 4 aliphatic carbocycles. The van der Waals surface area contributed by atoms with Crippen molar-refractivity contribution in [2.45, 2.75) is 139 Å². The molecule has 0 aromatic rings. The first kappa shape index (κ1) is 26.3. The highest BCUT2D eigenvalue weighted by molar-refractivity contribution is 5.66. The van der Waals surface area contributed by atoms with E-state index in [1.165, 1.54) is 64.2 Å². The van der Waals surface area contributed by atoms with Gasteiger partial charge < -0.3 is 4.74 Å². The van der Waals surface area contributed by atoms with E-state index in [4.69, 9.17) is 4.74 Å². The van der Waals surface area contributed by atoms with Crippen molar-refractivity contribution in [2.24, 2.45) is 45.3 Å². The number of hydrogen-bond donors (Lipinski definition) is 0. The number of fused-ring (bicyclic) bond motifs is 4. The number of rotatable bonds is 6. The van der Waals surface area contributed by atoms with E-state index < -0.39 is 0 Å². The van der Waals surface area contributed by atoms with Crippen LogP contribution in [0.4, 0.5) is 0 Å². The van der Waals surface area contributed by atoms with Gasteiger partial charge in [-0.15, -0.1) is 0 Å². The molecule has 2 fully saturated rings. The molecule has 194 valence electrons. The number of esters is 1. The van der Waals surface area contributed by atoms with Crippen molar-refractivity contribution in [1.82, 2.24) is 0 Å². The van der Waals surface area contributed by atoms with Crippen LogP contribution in [0.15, 0.2) is 11.1 Å². The summed E-state index contributed by atoms with van der Waals surface area (Å²) >= 11 is 0. The summed E-state index contributed by atoms with van der Waals surface area (Å²) in [6.07, 6.45) is 14.5. The maximum absolute atomic E-state index is 11.8. The van der Waals surface area contributed by atoms with Gasteiger partial charge in [-0.3, -0.25) is 4.79 Å². The first-order chi connectivity index (χ1) is 15.8. The molecule has 0 aromatic carbocycles. The molecule has 4 aliphatic rings. The Morgan fingerprint density at radius 1 is 0.912 bits per heavy atom. The molecular formula is C32H54O2. The van der Waals surface area contributed by atoms with Crippen LogP contribution in [-0.2, 0) is 9.53 Å². The van der Waals surface area contributed by atoms with Gasteiger partial charge in [0.25, 0.3) is 0 Å². The summed E-state index contributed by atoms with van der Waals surface area (Å²) in [4.78, 5) is 11.8. The fourth-order valence-electron chi connectivity index (χ4n) is 10.1. The summed E-state index contributed by atoms with van der Waals surface area (Å²) in [6, 6.07) is 0.